The molecule has 2 atom stereocenters. The number of unbranched alkanes of at least 4 members (excludes halogenated alkanes) is 5. The van der Waals surface area contributed by atoms with Gasteiger partial charge in [-0.05, 0) is 73.9 Å². The Kier molecular flexibility index (Phi) is 11.2. The van der Waals surface area contributed by atoms with Crippen molar-refractivity contribution in [1.82, 2.24) is 0 Å². The molecule has 188 valence electrons. The number of aliphatic hydroxyl groups excluding tert-OH is 1. The molecule has 3 heteroatoms. The summed E-state index contributed by atoms with van der Waals surface area (Å²) >= 11 is 1.83. The summed E-state index contributed by atoms with van der Waals surface area (Å²) in [6.07, 6.45) is 9.51. The molecule has 0 radical (unpaired) electrons. The normalized spacial score (nSPS) is 13.8. The fraction of sp³-hybridized carbons (Fsp3) is 0.438. The van der Waals surface area contributed by atoms with Gasteiger partial charge in [0.25, 0.3) is 0 Å². The first kappa shape index (κ1) is 27.4. The summed E-state index contributed by atoms with van der Waals surface area (Å²) in [5.74, 6) is 1.72. The summed E-state index contributed by atoms with van der Waals surface area (Å²) in [6.45, 7) is 4.12. The van der Waals surface area contributed by atoms with Crippen LogP contribution in [0.15, 0.2) is 78.9 Å². The van der Waals surface area contributed by atoms with Gasteiger partial charge in [0.15, 0.2) is 0 Å². The molecule has 0 aliphatic carbocycles. The van der Waals surface area contributed by atoms with E-state index in [2.05, 4.69) is 73.7 Å². The van der Waals surface area contributed by atoms with Gasteiger partial charge in [-0.15, -0.1) is 11.8 Å². The van der Waals surface area contributed by atoms with Crippen molar-refractivity contribution in [1.29, 1.82) is 0 Å². The van der Waals surface area contributed by atoms with Crippen molar-refractivity contribution >= 4 is 11.8 Å². The summed E-state index contributed by atoms with van der Waals surface area (Å²) < 4.78 is 4.93. The second-order valence-corrected chi connectivity index (χ2v) is 11.1. The van der Waals surface area contributed by atoms with Crippen LogP contribution in [0.3, 0.4) is 0 Å². The van der Waals surface area contributed by atoms with Gasteiger partial charge in [0.1, 0.15) is 5.75 Å². The van der Waals surface area contributed by atoms with Gasteiger partial charge in [0.05, 0.1) is 18.0 Å². The van der Waals surface area contributed by atoms with Crippen molar-refractivity contribution in [2.75, 3.05) is 7.11 Å². The van der Waals surface area contributed by atoms with E-state index in [0.29, 0.717) is 0 Å². The average Bonchev–Trinajstić information content (AvgIpc) is 2.89. The van der Waals surface area contributed by atoms with Crippen molar-refractivity contribution < 1.29 is 9.84 Å². The van der Waals surface area contributed by atoms with Crippen LogP contribution in [0.25, 0.3) is 0 Å². The Labute approximate surface area is 217 Å². The molecular weight excluding hydrogens is 448 g/mol. The molecule has 2 unspecified atom stereocenters. The van der Waals surface area contributed by atoms with Crippen molar-refractivity contribution in [2.45, 2.75) is 81.8 Å². The maximum atomic E-state index is 10.8. The monoisotopic (exact) mass is 490 g/mol. The van der Waals surface area contributed by atoms with E-state index in [4.69, 9.17) is 4.74 Å². The molecule has 2 nitrogen and oxygen atoms in total. The summed E-state index contributed by atoms with van der Waals surface area (Å²) in [5, 5.41) is 10.8. The van der Waals surface area contributed by atoms with E-state index in [1.807, 2.05) is 30.8 Å². The van der Waals surface area contributed by atoms with Crippen molar-refractivity contribution in [3.63, 3.8) is 0 Å². The third kappa shape index (κ3) is 8.44. The Balaban J connectivity index is 1.48. The van der Waals surface area contributed by atoms with E-state index in [9.17, 15) is 5.11 Å². The lowest BCUT2D eigenvalue weighted by Gasteiger charge is -2.34. The number of thioether (sulfide) groups is 1. The van der Waals surface area contributed by atoms with Gasteiger partial charge in [0.2, 0.25) is 0 Å². The maximum Gasteiger partial charge on any atom is 0.118 e. The number of rotatable bonds is 15. The van der Waals surface area contributed by atoms with E-state index < -0.39 is 6.10 Å². The molecule has 1 N–H and O–H groups in total. The molecule has 3 aromatic carbocycles. The van der Waals surface area contributed by atoms with E-state index in [-0.39, 0.29) is 4.75 Å². The summed E-state index contributed by atoms with van der Waals surface area (Å²) in [6, 6.07) is 27.8. The zero-order valence-electron chi connectivity index (χ0n) is 21.7. The molecule has 35 heavy (non-hydrogen) atoms. The topological polar surface area (TPSA) is 29.5 Å². The first-order chi connectivity index (χ1) is 17.0. The molecule has 0 spiro atoms. The highest BCUT2D eigenvalue weighted by Crippen LogP contribution is 2.43. The number of ether oxygens (including phenoxy) is 1. The zero-order valence-corrected chi connectivity index (χ0v) is 22.5. The molecule has 0 heterocycles. The van der Waals surface area contributed by atoms with Crippen LogP contribution < -0.4 is 4.74 Å². The third-order valence-corrected chi connectivity index (χ3v) is 8.69. The summed E-state index contributed by atoms with van der Waals surface area (Å²) in [5.41, 5.74) is 5.35. The lowest BCUT2D eigenvalue weighted by atomic mass is 9.88. The minimum atomic E-state index is -0.448. The van der Waals surface area contributed by atoms with Gasteiger partial charge in [-0.3, -0.25) is 0 Å². The van der Waals surface area contributed by atoms with Crippen LogP contribution in [0.1, 0.15) is 74.6 Å². The number of aryl methyl sites for hydroxylation is 2. The lowest BCUT2D eigenvalue weighted by Crippen LogP contribution is -2.32. The summed E-state index contributed by atoms with van der Waals surface area (Å²) in [7, 11) is 1.69. The first-order valence-corrected chi connectivity index (χ1v) is 14.1. The molecule has 0 bridgehead atoms. The van der Waals surface area contributed by atoms with Crippen LogP contribution in [0.5, 0.6) is 5.75 Å². The first-order valence-electron chi connectivity index (χ1n) is 13.1. The van der Waals surface area contributed by atoms with Crippen LogP contribution in [0, 0.1) is 0 Å². The van der Waals surface area contributed by atoms with Crippen LogP contribution in [-0.2, 0) is 23.3 Å². The van der Waals surface area contributed by atoms with Gasteiger partial charge in [-0.1, -0.05) is 92.4 Å². The third-order valence-electron chi connectivity index (χ3n) is 7.05. The van der Waals surface area contributed by atoms with Crippen LogP contribution in [-0.4, -0.2) is 18.3 Å². The number of aliphatic hydroxyl groups is 1. The molecular formula is C32H42O2S. The molecule has 0 aliphatic rings. The van der Waals surface area contributed by atoms with Gasteiger partial charge in [-0.25, -0.2) is 0 Å². The highest BCUT2D eigenvalue weighted by molar-refractivity contribution is 7.99. The molecule has 0 aromatic heterocycles. The maximum absolute atomic E-state index is 10.8. The Bertz CT molecular complexity index is 984. The molecule has 0 aliphatic heterocycles. The molecule has 0 saturated heterocycles. The second-order valence-electron chi connectivity index (χ2n) is 9.68. The smallest absolute Gasteiger partial charge is 0.118 e. The predicted molar refractivity (Wildman–Crippen MR) is 151 cm³/mol. The quantitative estimate of drug-likeness (QED) is 0.217. The van der Waals surface area contributed by atoms with E-state index in [0.717, 1.165) is 17.9 Å². The summed E-state index contributed by atoms with van der Waals surface area (Å²) in [4.78, 5) is 0. The largest absolute Gasteiger partial charge is 0.497 e. The molecule has 0 fully saturated rings. The minimum Gasteiger partial charge on any atom is -0.497 e. The average molecular weight is 491 g/mol. The lowest BCUT2D eigenvalue weighted by molar-refractivity contribution is 0.153. The number of hydrogen-bond donors (Lipinski definition) is 1. The Morgan fingerprint density at radius 3 is 2.00 bits per heavy atom. The van der Waals surface area contributed by atoms with E-state index in [1.54, 1.807) is 7.11 Å². The fourth-order valence-corrected chi connectivity index (χ4v) is 5.85. The molecule has 3 rings (SSSR count). The minimum absolute atomic E-state index is 0.353. The van der Waals surface area contributed by atoms with E-state index in [1.165, 1.54) is 67.2 Å². The van der Waals surface area contributed by atoms with Gasteiger partial charge in [-0.2, -0.15) is 0 Å². The van der Waals surface area contributed by atoms with Gasteiger partial charge >= 0.3 is 0 Å². The molecule has 0 amide bonds. The van der Waals surface area contributed by atoms with Crippen molar-refractivity contribution in [3.8, 4) is 5.75 Å². The second kappa shape index (κ2) is 14.4. The van der Waals surface area contributed by atoms with E-state index >= 15 is 0 Å². The molecule has 3 aromatic rings. The van der Waals surface area contributed by atoms with Crippen LogP contribution in [0.4, 0.5) is 0 Å². The Hall–Kier alpha value is -2.23. The predicted octanol–water partition coefficient (Wildman–Crippen LogP) is 8.35. The Morgan fingerprint density at radius 1 is 0.743 bits per heavy atom. The molecule has 0 saturated carbocycles. The zero-order chi connectivity index (χ0) is 24.9. The number of methoxy groups -OCH3 is 1. The van der Waals surface area contributed by atoms with Crippen molar-refractivity contribution in [2.24, 2.45) is 0 Å². The van der Waals surface area contributed by atoms with Gasteiger partial charge in [0, 0.05) is 5.75 Å². The fourth-order valence-electron chi connectivity index (χ4n) is 4.60. The highest BCUT2D eigenvalue weighted by Gasteiger charge is 2.34. The van der Waals surface area contributed by atoms with Crippen molar-refractivity contribution in [3.05, 3.63) is 101 Å². The van der Waals surface area contributed by atoms with Crippen LogP contribution in [0.2, 0.25) is 0 Å². The van der Waals surface area contributed by atoms with Crippen LogP contribution >= 0.6 is 11.8 Å². The standard InChI is InChI=1S/C32H42O2S/c1-26(33)32(2,35-25-28-21-23-30(34-3)24-22-28)31-20-14-13-19-29(31)18-12-7-5-4-6-9-15-27-16-10-8-11-17-27/h8,10-11,13-14,16-17,19-24,26,33H,4-7,9,12,15,18,25H2,1-3H3. The number of hydrogen-bond acceptors (Lipinski definition) is 3. The SMILES string of the molecule is COc1ccc(CSC(C)(c2ccccc2CCCCCCCCc2ccccc2)C(C)O)cc1. The van der Waals surface area contributed by atoms with Gasteiger partial charge < -0.3 is 9.84 Å². The highest BCUT2D eigenvalue weighted by atomic mass is 32.2. The number of benzene rings is 3. The Morgan fingerprint density at radius 2 is 1.34 bits per heavy atom.